The molecule has 0 N–H and O–H groups in total. The van der Waals surface area contributed by atoms with Crippen molar-refractivity contribution in [3.05, 3.63) is 40.3 Å². The Hall–Kier alpha value is -1.92. The number of anilines is 1. The van der Waals surface area contributed by atoms with Gasteiger partial charge < -0.3 is 4.90 Å². The smallest absolute Gasteiger partial charge is 0.266 e. The fraction of sp³-hybridized carbons (Fsp3) is 0.458. The van der Waals surface area contributed by atoms with Gasteiger partial charge in [0.15, 0.2) is 0 Å². The lowest BCUT2D eigenvalue weighted by Crippen LogP contribution is -2.31. The third-order valence-corrected chi connectivity index (χ3v) is 7.23. The van der Waals surface area contributed by atoms with Crippen molar-refractivity contribution in [1.82, 2.24) is 9.88 Å². The third kappa shape index (κ3) is 4.40. The van der Waals surface area contributed by atoms with Gasteiger partial charge in [0, 0.05) is 30.6 Å². The molecule has 0 radical (unpaired) electrons. The Bertz CT molecular complexity index is 995. The van der Waals surface area contributed by atoms with Crippen molar-refractivity contribution >= 4 is 57.0 Å². The Kier molecular flexibility index (Phi) is 6.74. The number of unbranched alkanes of at least 4 members (excludes halogenated alkanes) is 2. The van der Waals surface area contributed by atoms with Crippen LogP contribution in [0.2, 0.25) is 0 Å². The number of piperidine rings is 1. The van der Waals surface area contributed by atoms with Gasteiger partial charge in [-0.05, 0) is 50.3 Å². The summed E-state index contributed by atoms with van der Waals surface area (Å²) < 4.78 is 0.673. The summed E-state index contributed by atoms with van der Waals surface area (Å²) in [6.45, 7) is 7.02. The minimum atomic E-state index is 0.0371. The zero-order valence-electron chi connectivity index (χ0n) is 17.8. The maximum Gasteiger partial charge on any atom is 0.266 e. The van der Waals surface area contributed by atoms with Gasteiger partial charge in [-0.2, -0.15) is 0 Å². The Morgan fingerprint density at radius 1 is 1.20 bits per heavy atom. The lowest BCUT2D eigenvalue weighted by molar-refractivity contribution is -0.122. The number of nitrogens with zero attached hydrogens (tertiary/aromatic N) is 3. The summed E-state index contributed by atoms with van der Waals surface area (Å²) in [6, 6.07) is 8.46. The van der Waals surface area contributed by atoms with Gasteiger partial charge in [0.25, 0.3) is 5.91 Å². The number of thiocarbonyl (C=S) groups is 1. The molecule has 1 aromatic carbocycles. The highest BCUT2D eigenvalue weighted by Crippen LogP contribution is 2.36. The zero-order chi connectivity index (χ0) is 21.1. The second-order valence-corrected chi connectivity index (χ2v) is 9.81. The van der Waals surface area contributed by atoms with E-state index in [1.807, 2.05) is 6.08 Å². The molecular formula is C24H29N3OS2. The number of carbonyl (C=O) groups is 1. The van der Waals surface area contributed by atoms with E-state index in [2.05, 4.69) is 43.0 Å². The van der Waals surface area contributed by atoms with E-state index in [4.69, 9.17) is 17.2 Å². The molecule has 1 aromatic heterocycles. The molecule has 2 aliphatic rings. The lowest BCUT2D eigenvalue weighted by Gasteiger charge is -2.29. The summed E-state index contributed by atoms with van der Waals surface area (Å²) in [5.74, 6) is 1.03. The van der Waals surface area contributed by atoms with Crippen molar-refractivity contribution in [1.29, 1.82) is 0 Å². The van der Waals surface area contributed by atoms with Crippen molar-refractivity contribution in [2.75, 3.05) is 24.5 Å². The SMILES string of the molecule is CCCCCN1C(=O)/C(=C/c2cc3cccc(C)c3nc2N2CCCCC2)SC1=S. The molecule has 2 saturated heterocycles. The van der Waals surface area contributed by atoms with Gasteiger partial charge in [0.1, 0.15) is 10.1 Å². The van der Waals surface area contributed by atoms with Crippen LogP contribution in [0.5, 0.6) is 0 Å². The van der Waals surface area contributed by atoms with Gasteiger partial charge in [-0.3, -0.25) is 9.69 Å². The molecule has 1 amide bonds. The average Bonchev–Trinajstić information content (AvgIpc) is 3.02. The number of para-hydroxylation sites is 1. The van der Waals surface area contributed by atoms with E-state index in [1.54, 1.807) is 4.90 Å². The molecule has 6 heteroatoms. The molecular weight excluding hydrogens is 410 g/mol. The molecule has 30 heavy (non-hydrogen) atoms. The van der Waals surface area contributed by atoms with Gasteiger partial charge in [-0.15, -0.1) is 0 Å². The summed E-state index contributed by atoms with van der Waals surface area (Å²) in [6.07, 6.45) is 8.90. The van der Waals surface area contributed by atoms with Crippen LogP contribution in [-0.4, -0.2) is 39.7 Å². The molecule has 158 valence electrons. The monoisotopic (exact) mass is 439 g/mol. The van der Waals surface area contributed by atoms with E-state index in [9.17, 15) is 4.79 Å². The normalized spacial score (nSPS) is 18.8. The number of hydrogen-bond donors (Lipinski definition) is 0. The van der Waals surface area contributed by atoms with E-state index < -0.39 is 0 Å². The molecule has 2 fully saturated rings. The first-order valence-corrected chi connectivity index (χ1v) is 12.2. The first-order chi connectivity index (χ1) is 14.6. The number of pyridine rings is 1. The lowest BCUT2D eigenvalue weighted by atomic mass is 10.1. The Morgan fingerprint density at radius 2 is 2.00 bits per heavy atom. The highest BCUT2D eigenvalue weighted by atomic mass is 32.2. The molecule has 0 spiro atoms. The van der Waals surface area contributed by atoms with Gasteiger partial charge in [-0.1, -0.05) is 61.9 Å². The number of fused-ring (bicyclic) bond motifs is 1. The highest BCUT2D eigenvalue weighted by Gasteiger charge is 2.32. The van der Waals surface area contributed by atoms with Crippen molar-refractivity contribution in [3.8, 4) is 0 Å². The molecule has 0 saturated carbocycles. The van der Waals surface area contributed by atoms with E-state index in [1.165, 1.54) is 36.6 Å². The van der Waals surface area contributed by atoms with Crippen molar-refractivity contribution in [2.24, 2.45) is 0 Å². The molecule has 4 rings (SSSR count). The van der Waals surface area contributed by atoms with Crippen LogP contribution in [0, 0.1) is 6.92 Å². The first kappa shape index (κ1) is 21.3. The van der Waals surface area contributed by atoms with Crippen molar-refractivity contribution in [3.63, 3.8) is 0 Å². The van der Waals surface area contributed by atoms with Crippen LogP contribution < -0.4 is 4.90 Å². The summed E-state index contributed by atoms with van der Waals surface area (Å²) in [7, 11) is 0. The van der Waals surface area contributed by atoms with Gasteiger partial charge in [0.2, 0.25) is 0 Å². The largest absolute Gasteiger partial charge is 0.356 e. The van der Waals surface area contributed by atoms with E-state index >= 15 is 0 Å². The number of thioether (sulfide) groups is 1. The van der Waals surface area contributed by atoms with Crippen LogP contribution in [0.1, 0.15) is 56.6 Å². The number of aryl methyl sites for hydroxylation is 1. The van der Waals surface area contributed by atoms with Crippen molar-refractivity contribution in [2.45, 2.75) is 52.4 Å². The van der Waals surface area contributed by atoms with E-state index in [-0.39, 0.29) is 5.91 Å². The molecule has 2 aliphatic heterocycles. The van der Waals surface area contributed by atoms with Gasteiger partial charge >= 0.3 is 0 Å². The second-order valence-electron chi connectivity index (χ2n) is 8.14. The summed E-state index contributed by atoms with van der Waals surface area (Å²) >= 11 is 6.93. The number of amides is 1. The molecule has 0 aliphatic carbocycles. The topological polar surface area (TPSA) is 36.4 Å². The van der Waals surface area contributed by atoms with Crippen LogP contribution >= 0.6 is 24.0 Å². The fourth-order valence-corrected chi connectivity index (χ4v) is 5.47. The number of benzene rings is 1. The fourth-order valence-electron chi connectivity index (χ4n) is 4.17. The predicted octanol–water partition coefficient (Wildman–Crippen LogP) is 5.92. The maximum absolute atomic E-state index is 13.0. The Balaban J connectivity index is 1.72. The zero-order valence-corrected chi connectivity index (χ0v) is 19.5. The number of hydrogen-bond acceptors (Lipinski definition) is 5. The average molecular weight is 440 g/mol. The molecule has 3 heterocycles. The number of rotatable bonds is 6. The number of aromatic nitrogens is 1. The predicted molar refractivity (Wildman–Crippen MR) is 132 cm³/mol. The third-order valence-electron chi connectivity index (χ3n) is 5.86. The van der Waals surface area contributed by atoms with Crippen LogP contribution in [-0.2, 0) is 4.79 Å². The Morgan fingerprint density at radius 3 is 2.77 bits per heavy atom. The molecule has 0 unspecified atom stereocenters. The molecule has 0 atom stereocenters. The minimum Gasteiger partial charge on any atom is -0.356 e. The summed E-state index contributed by atoms with van der Waals surface area (Å²) in [4.78, 5) is 23.0. The molecule has 2 aromatic rings. The quantitative estimate of drug-likeness (QED) is 0.317. The van der Waals surface area contributed by atoms with Crippen LogP contribution in [0.15, 0.2) is 29.2 Å². The highest BCUT2D eigenvalue weighted by molar-refractivity contribution is 8.26. The van der Waals surface area contributed by atoms with Gasteiger partial charge in [0.05, 0.1) is 10.4 Å². The van der Waals surface area contributed by atoms with Crippen molar-refractivity contribution < 1.29 is 4.79 Å². The molecule has 0 bridgehead atoms. The summed E-state index contributed by atoms with van der Waals surface area (Å²) in [5.41, 5.74) is 3.24. The molecule has 4 nitrogen and oxygen atoms in total. The number of carbonyl (C=O) groups excluding carboxylic acids is 1. The first-order valence-electron chi connectivity index (χ1n) is 11.0. The van der Waals surface area contributed by atoms with Crippen LogP contribution in [0.3, 0.4) is 0 Å². The summed E-state index contributed by atoms with van der Waals surface area (Å²) in [5, 5.41) is 1.11. The van der Waals surface area contributed by atoms with E-state index in [0.29, 0.717) is 15.8 Å². The maximum atomic E-state index is 13.0. The van der Waals surface area contributed by atoms with Gasteiger partial charge in [-0.25, -0.2) is 4.98 Å². The standard InChI is InChI=1S/C24H29N3OS2/c1-3-4-6-14-27-23(28)20(30-24(27)29)16-19-15-18-11-9-10-17(2)21(18)25-22(19)26-12-7-5-8-13-26/h9-11,15-16H,3-8,12-14H2,1-2H3/b20-16-. The van der Waals surface area contributed by atoms with Crippen LogP contribution in [0.25, 0.3) is 17.0 Å². The van der Waals surface area contributed by atoms with E-state index in [0.717, 1.165) is 54.6 Å². The van der Waals surface area contributed by atoms with Crippen LogP contribution in [0.4, 0.5) is 5.82 Å². The minimum absolute atomic E-state index is 0.0371. The second kappa shape index (κ2) is 9.48. The Labute approximate surface area is 188 Å².